The molecule has 2 saturated heterocycles. The van der Waals surface area contributed by atoms with Crippen LogP contribution in [0, 0.1) is 12.3 Å². The first-order chi connectivity index (χ1) is 11.2. The normalized spacial score (nSPS) is 24.2. The summed E-state index contributed by atoms with van der Waals surface area (Å²) in [5.41, 5.74) is -0.154. The number of benzene rings is 1. The van der Waals surface area contributed by atoms with Crippen molar-refractivity contribution < 1.29 is 21.6 Å². The van der Waals surface area contributed by atoms with Crippen LogP contribution in [-0.2, 0) is 10.0 Å². The van der Waals surface area contributed by atoms with Crippen molar-refractivity contribution in [1.82, 2.24) is 9.62 Å². The molecule has 0 saturated carbocycles. The summed E-state index contributed by atoms with van der Waals surface area (Å²) >= 11 is 0. The molecule has 2 fully saturated rings. The van der Waals surface area contributed by atoms with Crippen molar-refractivity contribution in [2.75, 3.05) is 19.6 Å². The molecule has 0 radical (unpaired) electrons. The second kappa shape index (κ2) is 7.06. The monoisotopic (exact) mass is 398 g/mol. The SMILES string of the molecule is Cc1ccc(S(=O)(=O)N2CCC3(CCNCC3)C2C(F)(F)F)cc1.Cl. The number of nitrogens with one attached hydrogen (secondary N) is 1. The van der Waals surface area contributed by atoms with Gasteiger partial charge in [-0.2, -0.15) is 17.5 Å². The van der Waals surface area contributed by atoms with Crippen LogP contribution in [0.5, 0.6) is 0 Å². The maximum Gasteiger partial charge on any atom is 0.405 e. The number of rotatable bonds is 2. The van der Waals surface area contributed by atoms with E-state index in [2.05, 4.69) is 5.32 Å². The van der Waals surface area contributed by atoms with Crippen LogP contribution in [0.3, 0.4) is 0 Å². The van der Waals surface area contributed by atoms with E-state index in [1.54, 1.807) is 19.1 Å². The summed E-state index contributed by atoms with van der Waals surface area (Å²) < 4.78 is 67.8. The van der Waals surface area contributed by atoms with Crippen molar-refractivity contribution >= 4 is 22.4 Å². The summed E-state index contributed by atoms with van der Waals surface area (Å²) in [4.78, 5) is -0.0756. The zero-order chi connectivity index (χ0) is 17.6. The predicted molar refractivity (Wildman–Crippen MR) is 91.3 cm³/mol. The van der Waals surface area contributed by atoms with E-state index in [-0.39, 0.29) is 30.3 Å². The van der Waals surface area contributed by atoms with E-state index >= 15 is 0 Å². The van der Waals surface area contributed by atoms with Crippen molar-refractivity contribution in [2.45, 2.75) is 43.3 Å². The van der Waals surface area contributed by atoms with Gasteiger partial charge >= 0.3 is 6.18 Å². The van der Waals surface area contributed by atoms with E-state index < -0.39 is 27.7 Å². The molecular formula is C16H22ClF3N2O2S. The lowest BCUT2D eigenvalue weighted by Gasteiger charge is -2.41. The smallest absolute Gasteiger partial charge is 0.317 e. The van der Waals surface area contributed by atoms with Crippen molar-refractivity contribution in [2.24, 2.45) is 5.41 Å². The van der Waals surface area contributed by atoms with Gasteiger partial charge < -0.3 is 5.32 Å². The lowest BCUT2D eigenvalue weighted by molar-refractivity contribution is -0.192. The van der Waals surface area contributed by atoms with Gasteiger partial charge in [0, 0.05) is 6.54 Å². The van der Waals surface area contributed by atoms with Gasteiger partial charge in [-0.05, 0) is 56.8 Å². The Morgan fingerprint density at radius 2 is 1.68 bits per heavy atom. The number of aryl methyl sites for hydroxylation is 1. The van der Waals surface area contributed by atoms with E-state index in [4.69, 9.17) is 0 Å². The highest BCUT2D eigenvalue weighted by molar-refractivity contribution is 7.89. The lowest BCUT2D eigenvalue weighted by Crippen LogP contribution is -2.54. The molecule has 9 heteroatoms. The number of sulfonamides is 1. The Morgan fingerprint density at radius 1 is 1.12 bits per heavy atom. The summed E-state index contributed by atoms with van der Waals surface area (Å²) in [6.07, 6.45) is -3.64. The Labute approximate surface area is 152 Å². The molecule has 4 nitrogen and oxygen atoms in total. The van der Waals surface area contributed by atoms with Crippen molar-refractivity contribution in [3.05, 3.63) is 29.8 Å². The molecule has 0 bridgehead atoms. The fourth-order valence-electron chi connectivity index (χ4n) is 3.97. The first-order valence-corrected chi connectivity index (χ1v) is 9.47. The Balaban J connectivity index is 0.00000225. The molecule has 1 unspecified atom stereocenters. The minimum atomic E-state index is -4.58. The van der Waals surface area contributed by atoms with Crippen LogP contribution >= 0.6 is 12.4 Å². The van der Waals surface area contributed by atoms with Gasteiger partial charge in [-0.1, -0.05) is 17.7 Å². The zero-order valence-corrected chi connectivity index (χ0v) is 15.5. The second-order valence-corrected chi connectivity index (χ2v) is 8.63. The number of hydrogen-bond donors (Lipinski definition) is 1. The molecule has 2 aliphatic heterocycles. The Bertz CT molecular complexity index is 701. The molecule has 1 spiro atoms. The van der Waals surface area contributed by atoms with E-state index in [9.17, 15) is 21.6 Å². The van der Waals surface area contributed by atoms with E-state index in [0.717, 1.165) is 5.56 Å². The molecule has 0 amide bonds. The largest absolute Gasteiger partial charge is 0.405 e. The molecule has 1 N–H and O–H groups in total. The molecule has 2 heterocycles. The molecule has 2 aliphatic rings. The van der Waals surface area contributed by atoms with Crippen LogP contribution in [0.15, 0.2) is 29.2 Å². The predicted octanol–water partition coefficient (Wildman–Crippen LogP) is 3.11. The van der Waals surface area contributed by atoms with Gasteiger partial charge in [0.1, 0.15) is 6.04 Å². The van der Waals surface area contributed by atoms with Crippen molar-refractivity contribution in [3.8, 4) is 0 Å². The van der Waals surface area contributed by atoms with Crippen LogP contribution in [0.25, 0.3) is 0 Å². The van der Waals surface area contributed by atoms with Gasteiger partial charge in [-0.25, -0.2) is 8.42 Å². The number of hydrogen-bond acceptors (Lipinski definition) is 3. The summed E-state index contributed by atoms with van der Waals surface area (Å²) in [5.74, 6) is 0. The average Bonchev–Trinajstić information content (AvgIpc) is 2.88. The van der Waals surface area contributed by atoms with Gasteiger partial charge in [0.2, 0.25) is 10.0 Å². The molecule has 1 aromatic rings. The number of piperidine rings is 1. The first kappa shape index (κ1) is 20.5. The maximum absolute atomic E-state index is 13.8. The lowest BCUT2D eigenvalue weighted by atomic mass is 9.72. The molecule has 1 atom stereocenters. The van der Waals surface area contributed by atoms with Crippen LogP contribution in [0.1, 0.15) is 24.8 Å². The zero-order valence-electron chi connectivity index (χ0n) is 13.8. The standard InChI is InChI=1S/C16H21F3N2O2S.ClH/c1-12-2-4-13(5-3-12)24(22,23)21-11-8-15(6-9-20-10-7-15)14(21)16(17,18)19;/h2-5,14,20H,6-11H2,1H3;1H. The fraction of sp³-hybridized carbons (Fsp3) is 0.625. The molecular weight excluding hydrogens is 377 g/mol. The molecule has 0 aromatic heterocycles. The van der Waals surface area contributed by atoms with Crippen molar-refractivity contribution in [3.63, 3.8) is 0 Å². The van der Waals surface area contributed by atoms with Crippen LogP contribution in [-0.4, -0.2) is 44.6 Å². The number of alkyl halides is 3. The van der Waals surface area contributed by atoms with Crippen LogP contribution < -0.4 is 5.32 Å². The van der Waals surface area contributed by atoms with Gasteiger partial charge in [-0.3, -0.25) is 0 Å². The van der Waals surface area contributed by atoms with E-state index in [0.29, 0.717) is 30.2 Å². The van der Waals surface area contributed by atoms with Crippen molar-refractivity contribution in [1.29, 1.82) is 0 Å². The van der Waals surface area contributed by atoms with Gasteiger partial charge in [0.05, 0.1) is 4.90 Å². The van der Waals surface area contributed by atoms with Gasteiger partial charge in [-0.15, -0.1) is 12.4 Å². The highest BCUT2D eigenvalue weighted by Crippen LogP contribution is 2.51. The Kier molecular flexibility index (Phi) is 5.78. The molecule has 0 aliphatic carbocycles. The highest BCUT2D eigenvalue weighted by atomic mass is 35.5. The first-order valence-electron chi connectivity index (χ1n) is 8.03. The van der Waals surface area contributed by atoms with E-state index in [1.807, 2.05) is 0 Å². The maximum atomic E-state index is 13.8. The van der Waals surface area contributed by atoms with Crippen LogP contribution in [0.2, 0.25) is 0 Å². The molecule has 25 heavy (non-hydrogen) atoms. The summed E-state index contributed by atoms with van der Waals surface area (Å²) in [6.45, 7) is 2.70. The van der Waals surface area contributed by atoms with Crippen LogP contribution in [0.4, 0.5) is 13.2 Å². The number of nitrogens with zero attached hydrogens (tertiary/aromatic N) is 1. The molecule has 1 aromatic carbocycles. The Morgan fingerprint density at radius 3 is 2.20 bits per heavy atom. The quantitative estimate of drug-likeness (QED) is 0.832. The molecule has 3 rings (SSSR count). The van der Waals surface area contributed by atoms with E-state index in [1.165, 1.54) is 12.1 Å². The summed E-state index contributed by atoms with van der Waals surface area (Å²) in [5, 5.41) is 3.06. The fourth-order valence-corrected chi connectivity index (χ4v) is 5.67. The highest BCUT2D eigenvalue weighted by Gasteiger charge is 2.62. The Hall–Kier alpha value is -0.830. The second-order valence-electron chi connectivity index (χ2n) is 6.74. The minimum Gasteiger partial charge on any atom is -0.317 e. The minimum absolute atomic E-state index is 0. The third-order valence-electron chi connectivity index (χ3n) is 5.24. The summed E-state index contributed by atoms with van der Waals surface area (Å²) in [6, 6.07) is 4.02. The average molecular weight is 399 g/mol. The summed E-state index contributed by atoms with van der Waals surface area (Å²) in [7, 11) is -4.17. The third kappa shape index (κ3) is 3.67. The third-order valence-corrected chi connectivity index (χ3v) is 7.11. The topological polar surface area (TPSA) is 49.4 Å². The number of halogens is 4. The molecule has 142 valence electrons. The van der Waals surface area contributed by atoms with Gasteiger partial charge in [0.15, 0.2) is 0 Å². The van der Waals surface area contributed by atoms with Gasteiger partial charge in [0.25, 0.3) is 0 Å².